The molecule has 1 saturated carbocycles. The van der Waals surface area contributed by atoms with Crippen molar-refractivity contribution in [1.82, 2.24) is 15.5 Å². The molecule has 0 saturated heterocycles. The lowest BCUT2D eigenvalue weighted by Crippen LogP contribution is -2.14. The van der Waals surface area contributed by atoms with Gasteiger partial charge in [0.1, 0.15) is 10.8 Å². The molecule has 1 heterocycles. The van der Waals surface area contributed by atoms with Crippen LogP contribution in [0.5, 0.6) is 0 Å². The summed E-state index contributed by atoms with van der Waals surface area (Å²) in [5.41, 5.74) is -1.06. The molecule has 21 heavy (non-hydrogen) atoms. The Morgan fingerprint density at radius 1 is 1.24 bits per heavy atom. The van der Waals surface area contributed by atoms with Gasteiger partial charge in [-0.05, 0) is 31.0 Å². The van der Waals surface area contributed by atoms with E-state index in [2.05, 4.69) is 15.5 Å². The molecule has 1 fully saturated rings. The van der Waals surface area contributed by atoms with Crippen LogP contribution in [0.1, 0.15) is 23.4 Å². The first kappa shape index (κ1) is 14.4. The Bertz CT molecular complexity index is 649. The number of nitrogens with one attached hydrogen (secondary N) is 1. The molecule has 1 aliphatic carbocycles. The molecule has 0 aliphatic heterocycles. The molecule has 1 N–H and O–H groups in total. The van der Waals surface area contributed by atoms with Crippen LogP contribution in [-0.2, 0) is 12.7 Å². The third-order valence-corrected chi connectivity index (χ3v) is 4.07. The van der Waals surface area contributed by atoms with Crippen LogP contribution in [0.4, 0.5) is 17.6 Å². The first-order valence-corrected chi connectivity index (χ1v) is 7.18. The van der Waals surface area contributed by atoms with Crippen LogP contribution in [0.25, 0.3) is 10.6 Å². The van der Waals surface area contributed by atoms with Gasteiger partial charge in [0, 0.05) is 18.2 Å². The molecule has 0 unspecified atom stereocenters. The van der Waals surface area contributed by atoms with Crippen molar-refractivity contribution in [2.75, 3.05) is 0 Å². The summed E-state index contributed by atoms with van der Waals surface area (Å²) in [6.45, 7) is 0.503. The molecule has 112 valence electrons. The van der Waals surface area contributed by atoms with Crippen molar-refractivity contribution in [2.45, 2.75) is 31.6 Å². The summed E-state index contributed by atoms with van der Waals surface area (Å²) >= 11 is 1.10. The fraction of sp³-hybridized carbons (Fsp3) is 0.385. The van der Waals surface area contributed by atoms with E-state index in [0.717, 1.165) is 42.4 Å². The van der Waals surface area contributed by atoms with Crippen LogP contribution < -0.4 is 5.32 Å². The first-order chi connectivity index (χ1) is 9.93. The zero-order valence-corrected chi connectivity index (χ0v) is 11.6. The van der Waals surface area contributed by atoms with Crippen molar-refractivity contribution in [3.63, 3.8) is 0 Å². The Morgan fingerprint density at radius 3 is 2.67 bits per heavy atom. The van der Waals surface area contributed by atoms with Crippen molar-refractivity contribution in [3.8, 4) is 10.6 Å². The third-order valence-electron chi connectivity index (χ3n) is 3.11. The molecule has 0 bridgehead atoms. The summed E-state index contributed by atoms with van der Waals surface area (Å²) in [6.07, 6.45) is -2.27. The lowest BCUT2D eigenvalue weighted by molar-refractivity contribution is -0.137. The molecule has 0 atom stereocenters. The average molecular weight is 317 g/mol. The van der Waals surface area contributed by atoms with Gasteiger partial charge in [-0.15, -0.1) is 10.2 Å². The van der Waals surface area contributed by atoms with E-state index in [4.69, 9.17) is 0 Å². The average Bonchev–Trinajstić information content (AvgIpc) is 3.13. The standard InChI is InChI=1S/C13H11F4N3S/c14-10-4-1-7(13(15,16)17)5-9(10)12-20-19-11(21-12)6-18-8-2-3-8/h1,4-5,8,18H,2-3,6H2. The molecule has 1 aromatic carbocycles. The van der Waals surface area contributed by atoms with E-state index in [1.54, 1.807) is 0 Å². The SMILES string of the molecule is Fc1ccc(C(F)(F)F)cc1-c1nnc(CNC2CC2)s1. The van der Waals surface area contributed by atoms with Gasteiger partial charge < -0.3 is 5.32 Å². The quantitative estimate of drug-likeness (QED) is 0.875. The zero-order chi connectivity index (χ0) is 15.0. The highest BCUT2D eigenvalue weighted by molar-refractivity contribution is 7.14. The van der Waals surface area contributed by atoms with E-state index >= 15 is 0 Å². The second kappa shape index (κ2) is 5.34. The number of hydrogen-bond donors (Lipinski definition) is 1. The van der Waals surface area contributed by atoms with Gasteiger partial charge in [-0.1, -0.05) is 11.3 Å². The first-order valence-electron chi connectivity index (χ1n) is 6.36. The van der Waals surface area contributed by atoms with Crippen molar-refractivity contribution in [2.24, 2.45) is 0 Å². The molecule has 0 amide bonds. The molecule has 3 nitrogen and oxygen atoms in total. The van der Waals surface area contributed by atoms with Crippen LogP contribution in [0.2, 0.25) is 0 Å². The number of benzene rings is 1. The van der Waals surface area contributed by atoms with Crippen molar-refractivity contribution in [1.29, 1.82) is 0 Å². The van der Waals surface area contributed by atoms with Crippen molar-refractivity contribution < 1.29 is 17.6 Å². The predicted octanol–water partition coefficient (Wildman–Crippen LogP) is 3.62. The Morgan fingerprint density at radius 2 is 2.00 bits per heavy atom. The van der Waals surface area contributed by atoms with Crippen LogP contribution in [-0.4, -0.2) is 16.2 Å². The fourth-order valence-electron chi connectivity index (χ4n) is 1.82. The molecule has 3 rings (SSSR count). The Labute approximate surface area is 122 Å². The Hall–Kier alpha value is -1.54. The Balaban J connectivity index is 1.84. The van der Waals surface area contributed by atoms with Crippen molar-refractivity contribution in [3.05, 3.63) is 34.6 Å². The normalized spacial score (nSPS) is 15.4. The lowest BCUT2D eigenvalue weighted by atomic mass is 10.1. The summed E-state index contributed by atoms with van der Waals surface area (Å²) in [5.74, 6) is -0.735. The van der Waals surface area contributed by atoms with Gasteiger partial charge in [0.2, 0.25) is 0 Å². The minimum Gasteiger partial charge on any atom is -0.308 e. The van der Waals surface area contributed by atoms with Gasteiger partial charge in [0.15, 0.2) is 5.01 Å². The molecule has 0 radical (unpaired) electrons. The zero-order valence-electron chi connectivity index (χ0n) is 10.7. The number of alkyl halides is 3. The summed E-state index contributed by atoms with van der Waals surface area (Å²) < 4.78 is 51.7. The fourth-order valence-corrected chi connectivity index (χ4v) is 2.63. The minimum atomic E-state index is -4.51. The van der Waals surface area contributed by atoms with Gasteiger partial charge in [-0.3, -0.25) is 0 Å². The molecule has 1 aromatic heterocycles. The topological polar surface area (TPSA) is 37.8 Å². The number of nitrogens with zero attached hydrogens (tertiary/aromatic N) is 2. The van der Waals surface area contributed by atoms with Crippen molar-refractivity contribution >= 4 is 11.3 Å². The van der Waals surface area contributed by atoms with Crippen LogP contribution in [0.3, 0.4) is 0 Å². The molecule has 8 heteroatoms. The summed E-state index contributed by atoms with van der Waals surface area (Å²) in [5, 5.41) is 11.7. The van der Waals surface area contributed by atoms with E-state index in [-0.39, 0.29) is 10.6 Å². The highest BCUT2D eigenvalue weighted by Crippen LogP contribution is 2.34. The van der Waals surface area contributed by atoms with Gasteiger partial charge in [0.25, 0.3) is 0 Å². The van der Waals surface area contributed by atoms with Gasteiger partial charge in [0.05, 0.1) is 5.56 Å². The Kier molecular flexibility index (Phi) is 3.66. The number of rotatable bonds is 4. The predicted molar refractivity (Wildman–Crippen MR) is 70.2 cm³/mol. The monoisotopic (exact) mass is 317 g/mol. The maximum Gasteiger partial charge on any atom is 0.416 e. The minimum absolute atomic E-state index is 0.159. The molecule has 1 aliphatic rings. The van der Waals surface area contributed by atoms with E-state index in [1.165, 1.54) is 0 Å². The highest BCUT2D eigenvalue weighted by atomic mass is 32.1. The molecular formula is C13H11F4N3S. The van der Waals surface area contributed by atoms with E-state index in [0.29, 0.717) is 17.6 Å². The summed E-state index contributed by atoms with van der Waals surface area (Å²) in [7, 11) is 0. The number of hydrogen-bond acceptors (Lipinski definition) is 4. The maximum atomic E-state index is 13.7. The number of aromatic nitrogens is 2. The maximum absolute atomic E-state index is 13.7. The molecular weight excluding hydrogens is 306 g/mol. The largest absolute Gasteiger partial charge is 0.416 e. The van der Waals surface area contributed by atoms with Gasteiger partial charge >= 0.3 is 6.18 Å². The highest BCUT2D eigenvalue weighted by Gasteiger charge is 2.31. The van der Waals surface area contributed by atoms with Crippen LogP contribution in [0.15, 0.2) is 18.2 Å². The van der Waals surface area contributed by atoms with E-state index in [1.807, 2.05) is 0 Å². The van der Waals surface area contributed by atoms with Gasteiger partial charge in [-0.2, -0.15) is 13.2 Å². The second-order valence-electron chi connectivity index (χ2n) is 4.85. The van der Waals surface area contributed by atoms with Crippen LogP contribution in [0, 0.1) is 5.82 Å². The molecule has 2 aromatic rings. The molecule has 0 spiro atoms. The van der Waals surface area contributed by atoms with E-state index < -0.39 is 17.6 Å². The van der Waals surface area contributed by atoms with E-state index in [9.17, 15) is 17.6 Å². The summed E-state index contributed by atoms with van der Waals surface area (Å²) in [4.78, 5) is 0. The summed E-state index contributed by atoms with van der Waals surface area (Å²) in [6, 6.07) is 2.79. The van der Waals surface area contributed by atoms with Crippen LogP contribution >= 0.6 is 11.3 Å². The van der Waals surface area contributed by atoms with Gasteiger partial charge in [-0.25, -0.2) is 4.39 Å². The third kappa shape index (κ3) is 3.38. The number of halogens is 4. The lowest BCUT2D eigenvalue weighted by Gasteiger charge is -2.07. The smallest absolute Gasteiger partial charge is 0.308 e. The second-order valence-corrected chi connectivity index (χ2v) is 5.91.